The van der Waals surface area contributed by atoms with E-state index in [1.165, 1.54) is 10.8 Å². The Morgan fingerprint density at radius 1 is 1.20 bits per heavy atom. The maximum atomic E-state index is 12.4. The quantitative estimate of drug-likeness (QED) is 0.0316. The lowest BCUT2D eigenvalue weighted by atomic mass is 10.2. The topological polar surface area (TPSA) is 294 Å². The van der Waals surface area contributed by atoms with Gasteiger partial charge in [0.1, 0.15) is 36.5 Å². The van der Waals surface area contributed by atoms with Gasteiger partial charge in [0.05, 0.1) is 6.61 Å². The summed E-state index contributed by atoms with van der Waals surface area (Å²) in [4.78, 5) is 67.5. The molecule has 1 aliphatic heterocycles. The van der Waals surface area contributed by atoms with Gasteiger partial charge in [0.2, 0.25) is 0 Å². The summed E-state index contributed by atoms with van der Waals surface area (Å²) in [5.41, 5.74) is 3.89. The standard InChI is InChI=1S/C17H29N4O15P3S2/c1-17(2,9-18)41-40-10-31-5-3-4-11-7-21(16(23)20-15(11)22)14-6-12(34-19)13(33-14)8-32-38(27,28)36-39(29,30)35-37(24,25)26/h7,12-14H,5-6,8-10,18-19H2,1-2H3,(H,27,28)(H,29,30)(H,20,22,23)(H2,24,25,26)/t12-,13-,14-/m1/s1. The predicted molar refractivity (Wildman–Crippen MR) is 145 cm³/mol. The van der Waals surface area contributed by atoms with Crippen LogP contribution in [0.25, 0.3) is 0 Å². The summed E-state index contributed by atoms with van der Waals surface area (Å²) in [6.07, 6.45) is -2.48. The highest BCUT2D eigenvalue weighted by molar-refractivity contribution is 8.77. The molecule has 41 heavy (non-hydrogen) atoms. The van der Waals surface area contributed by atoms with Crippen molar-refractivity contribution < 1.29 is 60.7 Å². The van der Waals surface area contributed by atoms with Crippen LogP contribution in [-0.4, -0.2) is 71.8 Å². The predicted octanol–water partition coefficient (Wildman–Crippen LogP) is -0.129. The first-order valence-electron chi connectivity index (χ1n) is 11.1. The van der Waals surface area contributed by atoms with Crippen LogP contribution in [-0.2, 0) is 41.2 Å². The molecule has 1 saturated heterocycles. The third kappa shape index (κ3) is 12.7. The van der Waals surface area contributed by atoms with Crippen LogP contribution < -0.4 is 22.9 Å². The van der Waals surface area contributed by atoms with Crippen molar-refractivity contribution in [3.05, 3.63) is 32.6 Å². The summed E-state index contributed by atoms with van der Waals surface area (Å²) in [5, 5.41) is 0. The Labute approximate surface area is 240 Å². The van der Waals surface area contributed by atoms with Gasteiger partial charge in [-0.25, -0.2) is 24.4 Å². The molecule has 24 heteroatoms. The second-order valence-corrected chi connectivity index (χ2v) is 15.9. The van der Waals surface area contributed by atoms with E-state index in [1.54, 1.807) is 10.8 Å². The number of nitrogens with two attached hydrogens (primary N) is 2. The molecule has 1 aliphatic rings. The summed E-state index contributed by atoms with van der Waals surface area (Å²) in [6.45, 7) is 3.57. The number of nitrogens with one attached hydrogen (secondary N) is 1. The molecule has 0 amide bonds. The Balaban J connectivity index is 2.04. The minimum Gasteiger partial charge on any atom is -0.357 e. The number of hydrogen-bond acceptors (Lipinski definition) is 15. The van der Waals surface area contributed by atoms with Crippen molar-refractivity contribution in [1.29, 1.82) is 0 Å². The molecule has 0 aromatic carbocycles. The first-order valence-corrected chi connectivity index (χ1v) is 17.9. The van der Waals surface area contributed by atoms with E-state index in [-0.39, 0.29) is 23.3 Å². The van der Waals surface area contributed by atoms with Crippen LogP contribution in [0.1, 0.15) is 32.1 Å². The zero-order valence-electron chi connectivity index (χ0n) is 21.4. The molecule has 1 aromatic rings. The van der Waals surface area contributed by atoms with Gasteiger partial charge in [-0.15, -0.1) is 0 Å². The fraction of sp³-hybridized carbons (Fsp3) is 0.647. The smallest absolute Gasteiger partial charge is 0.357 e. The van der Waals surface area contributed by atoms with Crippen molar-refractivity contribution >= 4 is 45.1 Å². The van der Waals surface area contributed by atoms with Gasteiger partial charge in [-0.05, 0) is 13.8 Å². The molecule has 19 nitrogen and oxygen atoms in total. The highest BCUT2D eigenvalue weighted by atomic mass is 33.1. The van der Waals surface area contributed by atoms with E-state index >= 15 is 0 Å². The Bertz CT molecular complexity index is 1370. The monoisotopic (exact) mass is 686 g/mol. The van der Waals surface area contributed by atoms with Crippen molar-refractivity contribution in [3.63, 3.8) is 0 Å². The van der Waals surface area contributed by atoms with E-state index in [0.717, 1.165) is 10.8 Å². The molecule has 0 saturated carbocycles. The first-order chi connectivity index (χ1) is 18.9. The molecule has 2 rings (SSSR count). The van der Waals surface area contributed by atoms with Crippen molar-refractivity contribution in [1.82, 2.24) is 9.55 Å². The van der Waals surface area contributed by atoms with Crippen LogP contribution >= 0.6 is 45.1 Å². The summed E-state index contributed by atoms with van der Waals surface area (Å²) in [5.74, 6) is 10.8. The number of H-pyrrole nitrogens is 1. The van der Waals surface area contributed by atoms with Crippen LogP contribution in [0.5, 0.6) is 0 Å². The number of nitrogens with zero attached hydrogens (tertiary/aromatic N) is 1. The van der Waals surface area contributed by atoms with Gasteiger partial charge in [0.25, 0.3) is 5.56 Å². The maximum Gasteiger partial charge on any atom is 0.490 e. The summed E-state index contributed by atoms with van der Waals surface area (Å²) >= 11 is 0. The van der Waals surface area contributed by atoms with Gasteiger partial charge in [0, 0.05) is 23.9 Å². The minimum absolute atomic E-state index is 0.0130. The largest absolute Gasteiger partial charge is 0.490 e. The lowest BCUT2D eigenvalue weighted by Gasteiger charge is -2.20. The number of aromatic nitrogens is 2. The highest BCUT2D eigenvalue weighted by Crippen LogP contribution is 2.66. The Hall–Kier alpha value is -0.850. The number of rotatable bonds is 15. The molecule has 0 spiro atoms. The number of phosphoric ester groups is 1. The van der Waals surface area contributed by atoms with E-state index < -0.39 is 59.8 Å². The van der Waals surface area contributed by atoms with Crippen molar-refractivity contribution in [3.8, 4) is 11.8 Å². The number of aromatic amines is 1. The van der Waals surface area contributed by atoms with Crippen LogP contribution in [0.4, 0.5) is 0 Å². The average Bonchev–Trinajstić information content (AvgIpc) is 3.24. The van der Waals surface area contributed by atoms with E-state index in [9.17, 15) is 33.1 Å². The molecule has 1 fully saturated rings. The van der Waals surface area contributed by atoms with Gasteiger partial charge in [-0.1, -0.05) is 33.4 Å². The van der Waals surface area contributed by atoms with Crippen molar-refractivity contribution in [2.75, 3.05) is 25.7 Å². The highest BCUT2D eigenvalue weighted by Gasteiger charge is 2.43. The van der Waals surface area contributed by atoms with Gasteiger partial charge >= 0.3 is 29.2 Å². The van der Waals surface area contributed by atoms with Crippen LogP contribution in [0.15, 0.2) is 15.8 Å². The maximum absolute atomic E-state index is 12.4. The van der Waals surface area contributed by atoms with E-state index in [4.69, 9.17) is 35.7 Å². The molecule has 0 aliphatic carbocycles. The molecular formula is C17H29N4O15P3S2. The fourth-order valence-corrected chi connectivity index (χ4v) is 8.03. The van der Waals surface area contributed by atoms with Crippen LogP contribution in [0.2, 0.25) is 0 Å². The molecule has 0 radical (unpaired) electrons. The Morgan fingerprint density at radius 2 is 1.88 bits per heavy atom. The van der Waals surface area contributed by atoms with Gasteiger partial charge in [-0.3, -0.25) is 23.7 Å². The van der Waals surface area contributed by atoms with Crippen LogP contribution in [0, 0.1) is 11.8 Å². The molecule has 0 bridgehead atoms. The molecule has 1 aromatic heterocycles. The fourth-order valence-electron chi connectivity index (χ4n) is 2.90. The molecule has 2 heterocycles. The lowest BCUT2D eigenvalue weighted by molar-refractivity contribution is -0.0618. The SMILES string of the molecule is CC(C)(CN)SSCOCC#Cc1cn([C@H]2C[C@@H](ON)[C@@H](COP(=O)(O)OP(=O)(O)OP(=O)(O)O)O2)c(=O)[nH]c1=O. The number of phosphoric acid groups is 3. The lowest BCUT2D eigenvalue weighted by Crippen LogP contribution is -2.33. The zero-order valence-corrected chi connectivity index (χ0v) is 25.7. The van der Waals surface area contributed by atoms with Gasteiger partial charge < -0.3 is 34.8 Å². The summed E-state index contributed by atoms with van der Waals surface area (Å²) in [7, 11) is -13.7. The van der Waals surface area contributed by atoms with E-state index in [2.05, 4.69) is 30.0 Å². The van der Waals surface area contributed by atoms with Crippen molar-refractivity contribution in [2.45, 2.75) is 43.5 Å². The van der Waals surface area contributed by atoms with Crippen molar-refractivity contribution in [2.24, 2.45) is 11.6 Å². The normalized spacial score (nSPS) is 22.5. The Kier molecular flexibility index (Phi) is 13.5. The second-order valence-electron chi connectivity index (χ2n) is 8.57. The second kappa shape index (κ2) is 15.2. The molecular weight excluding hydrogens is 657 g/mol. The zero-order chi connectivity index (χ0) is 31.1. The first kappa shape index (κ1) is 36.3. The third-order valence-electron chi connectivity index (χ3n) is 4.76. The third-order valence-corrected chi connectivity index (χ3v) is 11.6. The number of hydrogen-bond donors (Lipinski definition) is 7. The average molecular weight is 686 g/mol. The minimum atomic E-state index is -5.73. The van der Waals surface area contributed by atoms with Crippen LogP contribution in [0.3, 0.4) is 0 Å². The summed E-state index contributed by atoms with van der Waals surface area (Å²) < 4.78 is 57.8. The number of ether oxygens (including phenoxy) is 2. The molecule has 2 unspecified atom stereocenters. The molecule has 5 atom stereocenters. The molecule has 9 N–H and O–H groups in total. The summed E-state index contributed by atoms with van der Waals surface area (Å²) in [6, 6.07) is 0. The van der Waals surface area contributed by atoms with Gasteiger partial charge in [0.15, 0.2) is 0 Å². The van der Waals surface area contributed by atoms with Gasteiger partial charge in [-0.2, -0.15) is 8.62 Å². The molecule has 234 valence electrons. The van der Waals surface area contributed by atoms with E-state index in [0.29, 0.717) is 12.5 Å². The Morgan fingerprint density at radius 3 is 2.49 bits per heavy atom. The van der Waals surface area contributed by atoms with E-state index in [1.807, 2.05) is 13.8 Å².